The zero-order valence-electron chi connectivity index (χ0n) is 18.3. The molecular formula is C21H21F4N5O3S2. The maximum atomic E-state index is 14.6. The Morgan fingerprint density at radius 1 is 1.37 bits per heavy atom. The molecule has 0 bridgehead atoms. The van der Waals surface area contributed by atoms with Crippen LogP contribution in [0.25, 0.3) is 20.8 Å². The van der Waals surface area contributed by atoms with Gasteiger partial charge in [0.1, 0.15) is 18.3 Å². The van der Waals surface area contributed by atoms with Crippen LogP contribution in [0.3, 0.4) is 0 Å². The number of benzene rings is 1. The topological polar surface area (TPSA) is 104 Å². The zero-order valence-corrected chi connectivity index (χ0v) is 19.9. The van der Waals surface area contributed by atoms with E-state index in [1.807, 2.05) is 11.9 Å². The van der Waals surface area contributed by atoms with Gasteiger partial charge in [0, 0.05) is 29.8 Å². The molecule has 2 saturated heterocycles. The van der Waals surface area contributed by atoms with Crippen molar-refractivity contribution in [1.82, 2.24) is 20.4 Å². The number of anilines is 1. The van der Waals surface area contributed by atoms with Crippen LogP contribution in [0.1, 0.15) is 24.8 Å². The molecule has 0 radical (unpaired) electrons. The van der Waals surface area contributed by atoms with Crippen molar-refractivity contribution < 1.29 is 32.0 Å². The quantitative estimate of drug-likeness (QED) is 0.336. The molecule has 188 valence electrons. The van der Waals surface area contributed by atoms with Crippen LogP contribution in [-0.4, -0.2) is 70.0 Å². The molecule has 1 amide bonds. The molecule has 14 heteroatoms. The van der Waals surface area contributed by atoms with Crippen molar-refractivity contribution in [2.75, 3.05) is 25.5 Å². The van der Waals surface area contributed by atoms with Crippen molar-refractivity contribution in [3.8, 4) is 10.7 Å². The SMILES string of the molecule is CN1CC[C@@H](Nc2cccc3c(SC(F)(F)F)c(-c4noc([C@H]5C[C@@H](O)C(=O)N5)n4)sc23)[C@@H](F)C1. The van der Waals surface area contributed by atoms with Crippen LogP contribution in [0.4, 0.5) is 23.2 Å². The Bertz CT molecular complexity index is 1250. The molecule has 35 heavy (non-hydrogen) atoms. The zero-order chi connectivity index (χ0) is 24.9. The highest BCUT2D eigenvalue weighted by Crippen LogP contribution is 2.50. The van der Waals surface area contributed by atoms with Gasteiger partial charge in [-0.05, 0) is 31.3 Å². The third-order valence-electron chi connectivity index (χ3n) is 5.99. The number of aliphatic hydroxyl groups excluding tert-OH is 1. The number of thioether (sulfide) groups is 1. The summed E-state index contributed by atoms with van der Waals surface area (Å²) < 4.78 is 60.9. The number of aromatic nitrogens is 2. The van der Waals surface area contributed by atoms with Gasteiger partial charge in [-0.1, -0.05) is 17.3 Å². The van der Waals surface area contributed by atoms with Crippen molar-refractivity contribution in [2.45, 2.75) is 47.6 Å². The van der Waals surface area contributed by atoms with Crippen LogP contribution in [0, 0.1) is 0 Å². The summed E-state index contributed by atoms with van der Waals surface area (Å²) in [5.74, 6) is -0.645. The molecule has 0 spiro atoms. The Balaban J connectivity index is 1.53. The molecule has 4 heterocycles. The van der Waals surface area contributed by atoms with Crippen molar-refractivity contribution in [2.24, 2.45) is 0 Å². The van der Waals surface area contributed by atoms with E-state index in [0.717, 1.165) is 11.3 Å². The number of fused-ring (bicyclic) bond motifs is 1. The lowest BCUT2D eigenvalue weighted by Gasteiger charge is -2.33. The number of hydrogen-bond donors (Lipinski definition) is 3. The monoisotopic (exact) mass is 531 g/mol. The van der Waals surface area contributed by atoms with Crippen LogP contribution in [0.15, 0.2) is 27.6 Å². The van der Waals surface area contributed by atoms with Crippen molar-refractivity contribution >= 4 is 44.8 Å². The molecule has 2 aliphatic rings. The maximum Gasteiger partial charge on any atom is 0.446 e. The first kappa shape index (κ1) is 24.3. The highest BCUT2D eigenvalue weighted by Gasteiger charge is 2.37. The number of nitrogens with zero attached hydrogens (tertiary/aromatic N) is 3. The van der Waals surface area contributed by atoms with Gasteiger partial charge in [-0.2, -0.15) is 18.2 Å². The van der Waals surface area contributed by atoms with Crippen molar-refractivity contribution in [1.29, 1.82) is 0 Å². The lowest BCUT2D eigenvalue weighted by Crippen LogP contribution is -2.46. The van der Waals surface area contributed by atoms with Gasteiger partial charge >= 0.3 is 5.51 Å². The van der Waals surface area contributed by atoms with E-state index in [1.54, 1.807) is 18.2 Å². The van der Waals surface area contributed by atoms with E-state index in [-0.39, 0.29) is 46.2 Å². The molecule has 5 rings (SSSR count). The number of amides is 1. The molecule has 0 aliphatic carbocycles. The number of aliphatic hydroxyl groups is 1. The minimum absolute atomic E-state index is 0.00439. The predicted octanol–water partition coefficient (Wildman–Crippen LogP) is 3.94. The first-order valence-corrected chi connectivity index (χ1v) is 12.4. The van der Waals surface area contributed by atoms with Gasteiger partial charge in [0.25, 0.3) is 0 Å². The Kier molecular flexibility index (Phi) is 6.40. The lowest BCUT2D eigenvalue weighted by atomic mass is 10.0. The van der Waals surface area contributed by atoms with E-state index in [4.69, 9.17) is 4.52 Å². The van der Waals surface area contributed by atoms with Crippen LogP contribution >= 0.6 is 23.1 Å². The number of carbonyl (C=O) groups excluding carboxylic acids is 1. The van der Waals surface area contributed by atoms with Gasteiger partial charge in [-0.25, -0.2) is 4.39 Å². The fourth-order valence-corrected chi connectivity index (χ4v) is 6.39. The van der Waals surface area contributed by atoms with E-state index < -0.39 is 35.8 Å². The second-order valence-corrected chi connectivity index (χ2v) is 10.7. The van der Waals surface area contributed by atoms with Crippen LogP contribution < -0.4 is 10.6 Å². The molecule has 1 aromatic carbocycles. The maximum absolute atomic E-state index is 14.6. The first-order chi connectivity index (χ1) is 16.6. The molecule has 4 atom stereocenters. The number of carbonyl (C=O) groups is 1. The normalized spacial score (nSPS) is 25.8. The number of halogens is 4. The van der Waals surface area contributed by atoms with Gasteiger partial charge < -0.3 is 25.2 Å². The number of likely N-dealkylation sites (tertiary alicyclic amines) is 1. The highest BCUT2D eigenvalue weighted by molar-refractivity contribution is 8.00. The molecule has 3 N–H and O–H groups in total. The summed E-state index contributed by atoms with van der Waals surface area (Å²) in [7, 11) is 1.84. The molecule has 0 unspecified atom stereocenters. The third kappa shape index (κ3) is 4.97. The van der Waals surface area contributed by atoms with E-state index in [0.29, 0.717) is 28.7 Å². The van der Waals surface area contributed by atoms with Gasteiger partial charge in [0.2, 0.25) is 17.6 Å². The second-order valence-electron chi connectivity index (χ2n) is 8.58. The summed E-state index contributed by atoms with van der Waals surface area (Å²) in [5.41, 5.74) is -4.03. The summed E-state index contributed by atoms with van der Waals surface area (Å²) in [6, 6.07) is 3.73. The number of alkyl halides is 4. The number of hydrogen-bond acceptors (Lipinski definition) is 9. The largest absolute Gasteiger partial charge is 0.446 e. The Morgan fingerprint density at radius 2 is 2.17 bits per heavy atom. The lowest BCUT2D eigenvalue weighted by molar-refractivity contribution is -0.126. The summed E-state index contributed by atoms with van der Waals surface area (Å²) in [5, 5.41) is 19.6. The fraction of sp³-hybridized carbons (Fsp3) is 0.476. The third-order valence-corrected chi connectivity index (χ3v) is 8.22. The fourth-order valence-electron chi connectivity index (χ4n) is 4.28. The molecule has 2 aliphatic heterocycles. The van der Waals surface area contributed by atoms with Crippen molar-refractivity contribution in [3.63, 3.8) is 0 Å². The number of thiophene rings is 1. The minimum atomic E-state index is -4.57. The Labute approximate surface area is 205 Å². The van der Waals surface area contributed by atoms with Gasteiger partial charge in [-0.3, -0.25) is 4.79 Å². The smallest absolute Gasteiger partial charge is 0.383 e. The minimum Gasteiger partial charge on any atom is -0.383 e. The van der Waals surface area contributed by atoms with E-state index >= 15 is 0 Å². The predicted molar refractivity (Wildman–Crippen MR) is 123 cm³/mol. The first-order valence-electron chi connectivity index (χ1n) is 10.8. The average Bonchev–Trinajstić information content (AvgIpc) is 3.48. The van der Waals surface area contributed by atoms with E-state index in [9.17, 15) is 27.5 Å². The second kappa shape index (κ2) is 9.22. The summed E-state index contributed by atoms with van der Waals surface area (Å²) in [4.78, 5) is 17.8. The molecular weight excluding hydrogens is 510 g/mol. The number of nitrogens with one attached hydrogen (secondary N) is 2. The highest BCUT2D eigenvalue weighted by atomic mass is 32.2. The van der Waals surface area contributed by atoms with E-state index in [2.05, 4.69) is 20.8 Å². The molecule has 2 aromatic heterocycles. The van der Waals surface area contributed by atoms with Gasteiger partial charge in [-0.15, -0.1) is 11.3 Å². The van der Waals surface area contributed by atoms with Gasteiger partial charge in [0.05, 0.1) is 21.3 Å². The molecule has 0 saturated carbocycles. The van der Waals surface area contributed by atoms with E-state index in [1.165, 1.54) is 0 Å². The molecule has 3 aromatic rings. The van der Waals surface area contributed by atoms with Crippen LogP contribution in [-0.2, 0) is 4.79 Å². The standard InChI is InChI=1S/C21H21F4N5O3S2/c1-30-6-5-11(10(22)8-30)26-12-4-2-3-9-15(12)34-17(16(9)35-21(23,24)25)18-28-20(33-29-18)13-7-14(31)19(32)27-13/h2-4,10-11,13-14,26,31H,5-8H2,1H3,(H,27,32)/t10-,11+,13+,14+/m0/s1. The molecule has 2 fully saturated rings. The van der Waals surface area contributed by atoms with Gasteiger partial charge in [0.15, 0.2) is 0 Å². The van der Waals surface area contributed by atoms with Crippen molar-refractivity contribution in [3.05, 3.63) is 24.1 Å². The Hall–Kier alpha value is -2.42. The molecule has 8 nitrogen and oxygen atoms in total. The van der Waals surface area contributed by atoms with Crippen LogP contribution in [0.5, 0.6) is 0 Å². The Morgan fingerprint density at radius 3 is 2.86 bits per heavy atom. The summed E-state index contributed by atoms with van der Waals surface area (Å²) >= 11 is 0.780. The number of piperidine rings is 1. The average molecular weight is 532 g/mol. The summed E-state index contributed by atoms with van der Waals surface area (Å²) in [6.45, 7) is 0.980. The van der Waals surface area contributed by atoms with Crippen LogP contribution in [0.2, 0.25) is 0 Å². The summed E-state index contributed by atoms with van der Waals surface area (Å²) in [6.07, 6.45) is -1.76. The number of rotatable bonds is 5.